The van der Waals surface area contributed by atoms with Gasteiger partial charge in [0.25, 0.3) is 0 Å². The highest BCUT2D eigenvalue weighted by Gasteiger charge is 2.40. The summed E-state index contributed by atoms with van der Waals surface area (Å²) in [6, 6.07) is 3.76. The van der Waals surface area contributed by atoms with E-state index in [-0.39, 0.29) is 34.8 Å². The summed E-state index contributed by atoms with van der Waals surface area (Å²) in [5.74, 6) is -2.55. The van der Waals surface area contributed by atoms with E-state index >= 15 is 0 Å². The van der Waals surface area contributed by atoms with Crippen molar-refractivity contribution in [2.45, 2.75) is 45.8 Å². The minimum Gasteiger partial charge on any atom is -0.508 e. The van der Waals surface area contributed by atoms with Crippen molar-refractivity contribution in [3.63, 3.8) is 0 Å². The monoisotopic (exact) mass is 402 g/mol. The molecule has 29 heavy (non-hydrogen) atoms. The number of carbonyl (C=O) groups is 2. The first-order chi connectivity index (χ1) is 13.4. The van der Waals surface area contributed by atoms with Crippen molar-refractivity contribution in [2.24, 2.45) is 0 Å². The molecule has 1 heterocycles. The number of rotatable bonds is 4. The molecular formula is C21H22O8. The Balaban J connectivity index is 2.06. The van der Waals surface area contributed by atoms with E-state index in [0.29, 0.717) is 16.7 Å². The minimum atomic E-state index is -1.25. The lowest BCUT2D eigenvalue weighted by molar-refractivity contribution is -0.0233. The summed E-state index contributed by atoms with van der Waals surface area (Å²) in [4.78, 5) is 24.4. The highest BCUT2D eigenvalue weighted by molar-refractivity contribution is 5.97. The third-order valence-electron chi connectivity index (χ3n) is 4.90. The van der Waals surface area contributed by atoms with Crippen LogP contribution in [-0.2, 0) is 6.42 Å². The molecule has 0 saturated carbocycles. The van der Waals surface area contributed by atoms with Crippen molar-refractivity contribution in [3.8, 4) is 23.0 Å². The number of hydrogen-bond donors (Lipinski definition) is 4. The first-order valence-electron chi connectivity index (χ1n) is 8.93. The summed E-state index contributed by atoms with van der Waals surface area (Å²) in [5.41, 5.74) is -0.444. The fourth-order valence-corrected chi connectivity index (χ4v) is 3.41. The van der Waals surface area contributed by atoms with Crippen LogP contribution < -0.4 is 9.47 Å². The smallest absolute Gasteiger partial charge is 0.347 e. The van der Waals surface area contributed by atoms with Crippen LogP contribution in [0.25, 0.3) is 0 Å². The molecule has 8 nitrogen and oxygen atoms in total. The first kappa shape index (κ1) is 20.5. The van der Waals surface area contributed by atoms with Crippen LogP contribution in [0.4, 0.5) is 0 Å². The molecule has 4 N–H and O–H groups in total. The molecule has 0 bridgehead atoms. The largest absolute Gasteiger partial charge is 0.508 e. The maximum Gasteiger partial charge on any atom is 0.347 e. The van der Waals surface area contributed by atoms with Crippen LogP contribution in [0.15, 0.2) is 18.2 Å². The molecule has 1 atom stereocenters. The van der Waals surface area contributed by atoms with Gasteiger partial charge in [-0.15, -0.1) is 0 Å². The summed E-state index contributed by atoms with van der Waals surface area (Å²) in [6.45, 7) is 6.17. The van der Waals surface area contributed by atoms with Crippen molar-refractivity contribution in [2.75, 3.05) is 0 Å². The predicted octanol–water partition coefficient (Wildman–Crippen LogP) is 2.71. The van der Waals surface area contributed by atoms with Gasteiger partial charge in [-0.25, -0.2) is 9.59 Å². The number of ether oxygens (including phenoxy) is 2. The Bertz CT molecular complexity index is 993. The number of aliphatic hydroxyl groups is 1. The van der Waals surface area contributed by atoms with E-state index in [4.69, 9.17) is 9.47 Å². The van der Waals surface area contributed by atoms with Gasteiger partial charge in [0.15, 0.2) is 0 Å². The Morgan fingerprint density at radius 1 is 1.10 bits per heavy atom. The zero-order valence-corrected chi connectivity index (χ0v) is 16.4. The number of fused-ring (bicyclic) bond motifs is 1. The molecule has 1 aliphatic rings. The molecule has 0 amide bonds. The van der Waals surface area contributed by atoms with Gasteiger partial charge in [-0.3, -0.25) is 0 Å². The summed E-state index contributed by atoms with van der Waals surface area (Å²) < 4.78 is 11.2. The number of hydrogen-bond acceptors (Lipinski definition) is 7. The van der Waals surface area contributed by atoms with Crippen LogP contribution in [0.2, 0.25) is 0 Å². The summed E-state index contributed by atoms with van der Waals surface area (Å²) in [6.07, 6.45) is -0.582. The number of carboxylic acids is 1. The molecule has 0 fully saturated rings. The lowest BCUT2D eigenvalue weighted by Gasteiger charge is -2.24. The summed E-state index contributed by atoms with van der Waals surface area (Å²) >= 11 is 0. The SMILES string of the molecule is Cc1cc(O)cc(O)c1C(=O)Oc1cc(C)c(C(=O)O)c2c1CC(C(C)(C)O)O2. The van der Waals surface area contributed by atoms with Crippen molar-refractivity contribution in [3.05, 3.63) is 46.0 Å². The Kier molecular flexibility index (Phi) is 4.92. The van der Waals surface area contributed by atoms with Crippen LogP contribution in [0, 0.1) is 13.8 Å². The third-order valence-corrected chi connectivity index (χ3v) is 4.90. The van der Waals surface area contributed by atoms with Gasteiger partial charge in [0.2, 0.25) is 0 Å². The number of aryl methyl sites for hydroxylation is 2. The van der Waals surface area contributed by atoms with Gasteiger partial charge in [-0.2, -0.15) is 0 Å². The molecule has 2 aromatic rings. The van der Waals surface area contributed by atoms with Gasteiger partial charge in [-0.1, -0.05) is 0 Å². The molecule has 1 unspecified atom stereocenters. The van der Waals surface area contributed by atoms with Crippen molar-refractivity contribution >= 4 is 11.9 Å². The van der Waals surface area contributed by atoms with Crippen molar-refractivity contribution < 1.29 is 39.5 Å². The Morgan fingerprint density at radius 2 is 1.72 bits per heavy atom. The fourth-order valence-electron chi connectivity index (χ4n) is 3.41. The molecule has 1 aliphatic heterocycles. The molecule has 0 saturated heterocycles. The van der Waals surface area contributed by atoms with E-state index in [2.05, 4.69) is 0 Å². The highest BCUT2D eigenvalue weighted by Crippen LogP contribution is 2.43. The number of esters is 1. The predicted molar refractivity (Wildman–Crippen MR) is 102 cm³/mol. The first-order valence-corrected chi connectivity index (χ1v) is 8.93. The van der Waals surface area contributed by atoms with E-state index < -0.39 is 29.4 Å². The van der Waals surface area contributed by atoms with Gasteiger partial charge >= 0.3 is 11.9 Å². The van der Waals surface area contributed by atoms with Gasteiger partial charge in [0.05, 0.1) is 5.60 Å². The number of carbonyl (C=O) groups excluding carboxylic acids is 1. The van der Waals surface area contributed by atoms with Gasteiger partial charge < -0.3 is 29.9 Å². The van der Waals surface area contributed by atoms with Crippen LogP contribution in [0.1, 0.15) is 51.3 Å². The molecule has 0 radical (unpaired) electrons. The maximum atomic E-state index is 12.7. The lowest BCUT2D eigenvalue weighted by atomic mass is 9.95. The fraction of sp³-hybridized carbons (Fsp3) is 0.333. The van der Waals surface area contributed by atoms with Crippen LogP contribution in [-0.4, -0.2) is 44.1 Å². The number of phenolic OH excluding ortho intramolecular Hbond substituents is 2. The van der Waals surface area contributed by atoms with Crippen molar-refractivity contribution in [1.29, 1.82) is 0 Å². The highest BCUT2D eigenvalue weighted by atomic mass is 16.5. The van der Waals surface area contributed by atoms with Gasteiger partial charge in [-0.05, 0) is 51.0 Å². The zero-order valence-electron chi connectivity index (χ0n) is 16.4. The van der Waals surface area contributed by atoms with Crippen molar-refractivity contribution in [1.82, 2.24) is 0 Å². The zero-order chi connectivity index (χ0) is 21.7. The number of benzene rings is 2. The number of phenols is 2. The standard InChI is InChI=1S/C21H22O8/c1-9-5-11(22)7-13(23)16(9)20(26)28-14-6-10(2)17(19(24)25)18-12(14)8-15(29-18)21(3,4)27/h5-7,15,22-23,27H,8H2,1-4H3,(H,24,25). The van der Waals surface area contributed by atoms with Crippen LogP contribution >= 0.6 is 0 Å². The second-order valence-electron chi connectivity index (χ2n) is 7.69. The molecule has 0 aliphatic carbocycles. The Labute approximate surface area is 166 Å². The average molecular weight is 402 g/mol. The Hall–Kier alpha value is -3.26. The average Bonchev–Trinajstić information content (AvgIpc) is 2.98. The summed E-state index contributed by atoms with van der Waals surface area (Å²) in [5, 5.41) is 39.4. The number of carboxylic acid groups (broad SMARTS) is 1. The van der Waals surface area contributed by atoms with E-state index in [1.54, 1.807) is 20.8 Å². The van der Waals surface area contributed by atoms with Crippen LogP contribution in [0.3, 0.4) is 0 Å². The number of aromatic hydroxyl groups is 2. The second kappa shape index (κ2) is 6.97. The summed E-state index contributed by atoms with van der Waals surface area (Å²) in [7, 11) is 0. The van der Waals surface area contributed by atoms with Crippen LogP contribution in [0.5, 0.6) is 23.0 Å². The third kappa shape index (κ3) is 3.71. The molecule has 0 spiro atoms. The normalized spacial score (nSPS) is 15.6. The lowest BCUT2D eigenvalue weighted by Crippen LogP contribution is -2.39. The Morgan fingerprint density at radius 3 is 2.28 bits per heavy atom. The van der Waals surface area contributed by atoms with E-state index in [1.807, 2.05) is 0 Å². The quantitative estimate of drug-likeness (QED) is 0.453. The molecule has 154 valence electrons. The molecule has 2 aromatic carbocycles. The molecular weight excluding hydrogens is 380 g/mol. The second-order valence-corrected chi connectivity index (χ2v) is 7.69. The van der Waals surface area contributed by atoms with Gasteiger partial charge in [0.1, 0.15) is 40.2 Å². The molecule has 0 aromatic heterocycles. The maximum absolute atomic E-state index is 12.7. The molecule has 3 rings (SSSR count). The van der Waals surface area contributed by atoms with E-state index in [1.165, 1.54) is 19.1 Å². The van der Waals surface area contributed by atoms with E-state index in [0.717, 1.165) is 6.07 Å². The minimum absolute atomic E-state index is 0.0547. The number of aromatic carboxylic acids is 1. The van der Waals surface area contributed by atoms with E-state index in [9.17, 15) is 30.0 Å². The topological polar surface area (TPSA) is 134 Å². The molecule has 8 heteroatoms. The van der Waals surface area contributed by atoms with Gasteiger partial charge in [0, 0.05) is 18.1 Å².